The average Bonchev–Trinajstić information content (AvgIpc) is 2.74. The van der Waals surface area contributed by atoms with Gasteiger partial charge in [-0.05, 0) is 44.2 Å². The van der Waals surface area contributed by atoms with Crippen LogP contribution in [0, 0.1) is 5.92 Å². The molecule has 0 radical (unpaired) electrons. The zero-order chi connectivity index (χ0) is 22.6. The van der Waals surface area contributed by atoms with Gasteiger partial charge in [-0.1, -0.05) is 51.3 Å². The van der Waals surface area contributed by atoms with Crippen molar-refractivity contribution in [2.45, 2.75) is 75.8 Å². The molecule has 1 atom stereocenters. The first-order valence-corrected chi connectivity index (χ1v) is 12.8. The second-order valence-corrected chi connectivity index (χ2v) is 11.3. The monoisotopic (exact) mass is 449 g/mol. The fourth-order valence-electron chi connectivity index (χ4n) is 4.68. The van der Waals surface area contributed by atoms with E-state index in [1.807, 2.05) is 0 Å². The molecule has 0 bridgehead atoms. The normalized spacial score (nSPS) is 23.9. The van der Waals surface area contributed by atoms with Crippen LogP contribution >= 0.6 is 0 Å². The zero-order valence-electron chi connectivity index (χ0n) is 18.8. The number of hydrogen-bond acceptors (Lipinski definition) is 4. The summed E-state index contributed by atoms with van der Waals surface area (Å²) in [5.41, 5.74) is -1.24. The van der Waals surface area contributed by atoms with Crippen molar-refractivity contribution in [1.29, 1.82) is 0 Å². The number of sulfonamides is 1. The topological polar surface area (TPSA) is 86.8 Å². The summed E-state index contributed by atoms with van der Waals surface area (Å²) in [6.45, 7) is 6.12. The predicted octanol–water partition coefficient (Wildman–Crippen LogP) is 2.77. The van der Waals surface area contributed by atoms with Gasteiger partial charge in [-0.2, -0.15) is 4.31 Å². The Bertz CT molecular complexity index is 881. The standard InChI is InChI=1S/C23H35N3O4S/c1-18(2)14-15-24-22(28)23(3)17-25(31(29,30)20-12-8-5-9-13-20)16-21(27)26(23)19-10-6-4-7-11-19/h5,8-9,12-13,18-19H,4,6-7,10-11,14-17H2,1-3H3,(H,24,28)/t23-/m1/s1. The number of nitrogens with zero attached hydrogens (tertiary/aromatic N) is 2. The molecule has 3 rings (SSSR count). The Morgan fingerprint density at radius 3 is 2.42 bits per heavy atom. The summed E-state index contributed by atoms with van der Waals surface area (Å²) in [6.07, 6.45) is 5.70. The van der Waals surface area contributed by atoms with Gasteiger partial charge in [0.05, 0.1) is 11.4 Å². The molecule has 1 aliphatic carbocycles. The van der Waals surface area contributed by atoms with E-state index in [-0.39, 0.29) is 35.8 Å². The van der Waals surface area contributed by atoms with Crippen LogP contribution < -0.4 is 5.32 Å². The third kappa shape index (κ3) is 5.12. The number of amides is 2. The van der Waals surface area contributed by atoms with Crippen molar-refractivity contribution in [3.05, 3.63) is 30.3 Å². The van der Waals surface area contributed by atoms with Crippen LogP contribution in [-0.2, 0) is 19.6 Å². The fourth-order valence-corrected chi connectivity index (χ4v) is 6.18. The lowest BCUT2D eigenvalue weighted by Crippen LogP contribution is -2.72. The number of carbonyl (C=O) groups excluding carboxylic acids is 2. The molecule has 1 N–H and O–H groups in total. The molecule has 1 aromatic carbocycles. The highest BCUT2D eigenvalue weighted by Gasteiger charge is 2.52. The summed E-state index contributed by atoms with van der Waals surface area (Å²) in [6, 6.07) is 8.08. The second kappa shape index (κ2) is 9.69. The number of benzene rings is 1. The summed E-state index contributed by atoms with van der Waals surface area (Å²) < 4.78 is 27.7. The highest BCUT2D eigenvalue weighted by molar-refractivity contribution is 7.89. The molecular weight excluding hydrogens is 414 g/mol. The van der Waals surface area contributed by atoms with E-state index in [1.165, 1.54) is 16.4 Å². The van der Waals surface area contributed by atoms with Crippen molar-refractivity contribution < 1.29 is 18.0 Å². The first-order valence-electron chi connectivity index (χ1n) is 11.3. The van der Waals surface area contributed by atoms with Gasteiger partial charge in [-0.15, -0.1) is 0 Å². The molecule has 1 heterocycles. The summed E-state index contributed by atoms with van der Waals surface area (Å²) >= 11 is 0. The second-order valence-electron chi connectivity index (χ2n) is 9.35. The summed E-state index contributed by atoms with van der Waals surface area (Å²) in [7, 11) is -3.88. The Morgan fingerprint density at radius 2 is 1.81 bits per heavy atom. The molecule has 0 spiro atoms. The van der Waals surface area contributed by atoms with E-state index < -0.39 is 15.6 Å². The van der Waals surface area contributed by atoms with Crippen LogP contribution in [0.2, 0.25) is 0 Å². The molecule has 2 amide bonds. The van der Waals surface area contributed by atoms with Crippen molar-refractivity contribution in [2.75, 3.05) is 19.6 Å². The van der Waals surface area contributed by atoms with Gasteiger partial charge in [0.25, 0.3) is 0 Å². The predicted molar refractivity (Wildman–Crippen MR) is 120 cm³/mol. The largest absolute Gasteiger partial charge is 0.354 e. The Labute approximate surface area is 186 Å². The molecule has 2 fully saturated rings. The summed E-state index contributed by atoms with van der Waals surface area (Å²) in [4.78, 5) is 28.5. The van der Waals surface area contributed by atoms with Gasteiger partial charge >= 0.3 is 0 Å². The third-order valence-electron chi connectivity index (χ3n) is 6.41. The molecule has 1 saturated heterocycles. The smallest absolute Gasteiger partial charge is 0.247 e. The van der Waals surface area contributed by atoms with E-state index in [0.717, 1.165) is 38.5 Å². The Balaban J connectivity index is 1.91. The number of nitrogens with one attached hydrogen (secondary N) is 1. The van der Waals surface area contributed by atoms with Crippen LogP contribution in [-0.4, -0.2) is 60.7 Å². The summed E-state index contributed by atoms with van der Waals surface area (Å²) in [5, 5.41) is 2.97. The van der Waals surface area contributed by atoms with Crippen LogP contribution in [0.5, 0.6) is 0 Å². The fraction of sp³-hybridized carbons (Fsp3) is 0.652. The lowest BCUT2D eigenvalue weighted by molar-refractivity contribution is -0.157. The third-order valence-corrected chi connectivity index (χ3v) is 8.22. The Hall–Kier alpha value is -1.93. The van der Waals surface area contributed by atoms with Crippen LogP contribution in [0.15, 0.2) is 35.2 Å². The number of carbonyl (C=O) groups is 2. The van der Waals surface area contributed by atoms with Crippen molar-refractivity contribution in [3.8, 4) is 0 Å². The molecule has 172 valence electrons. The van der Waals surface area contributed by atoms with Gasteiger partial charge < -0.3 is 10.2 Å². The Morgan fingerprint density at radius 1 is 1.16 bits per heavy atom. The van der Waals surface area contributed by atoms with Gasteiger partial charge in [0.2, 0.25) is 21.8 Å². The molecule has 1 aliphatic heterocycles. The maximum absolute atomic E-state index is 13.4. The van der Waals surface area contributed by atoms with Crippen molar-refractivity contribution >= 4 is 21.8 Å². The molecule has 8 heteroatoms. The van der Waals surface area contributed by atoms with E-state index in [2.05, 4.69) is 19.2 Å². The maximum Gasteiger partial charge on any atom is 0.247 e. The molecule has 0 unspecified atom stereocenters. The van der Waals surface area contributed by atoms with Crippen molar-refractivity contribution in [3.63, 3.8) is 0 Å². The number of rotatable bonds is 7. The van der Waals surface area contributed by atoms with Gasteiger partial charge in [0.1, 0.15) is 5.54 Å². The summed E-state index contributed by atoms with van der Waals surface area (Å²) in [5.74, 6) is -0.135. The molecule has 1 aromatic rings. The van der Waals surface area contributed by atoms with E-state index in [1.54, 1.807) is 30.0 Å². The van der Waals surface area contributed by atoms with E-state index in [0.29, 0.717) is 12.5 Å². The minimum Gasteiger partial charge on any atom is -0.354 e. The molecule has 31 heavy (non-hydrogen) atoms. The van der Waals surface area contributed by atoms with Gasteiger partial charge in [0.15, 0.2) is 0 Å². The van der Waals surface area contributed by atoms with Crippen LogP contribution in [0.25, 0.3) is 0 Å². The number of hydrogen-bond donors (Lipinski definition) is 1. The van der Waals surface area contributed by atoms with Crippen LogP contribution in [0.3, 0.4) is 0 Å². The van der Waals surface area contributed by atoms with Gasteiger partial charge in [-0.25, -0.2) is 8.42 Å². The minimum atomic E-state index is -3.88. The van der Waals surface area contributed by atoms with E-state index in [9.17, 15) is 18.0 Å². The highest BCUT2D eigenvalue weighted by atomic mass is 32.2. The molecule has 0 aromatic heterocycles. The molecule has 1 saturated carbocycles. The van der Waals surface area contributed by atoms with Crippen LogP contribution in [0.4, 0.5) is 0 Å². The first kappa shape index (κ1) is 23.7. The quantitative estimate of drug-likeness (QED) is 0.693. The number of piperazine rings is 1. The maximum atomic E-state index is 13.4. The highest BCUT2D eigenvalue weighted by Crippen LogP contribution is 2.34. The van der Waals surface area contributed by atoms with Crippen molar-refractivity contribution in [1.82, 2.24) is 14.5 Å². The molecule has 2 aliphatic rings. The lowest BCUT2D eigenvalue weighted by atomic mass is 9.87. The zero-order valence-corrected chi connectivity index (χ0v) is 19.7. The van der Waals surface area contributed by atoms with Crippen LogP contribution in [0.1, 0.15) is 59.3 Å². The van der Waals surface area contributed by atoms with E-state index >= 15 is 0 Å². The lowest BCUT2D eigenvalue weighted by Gasteiger charge is -2.51. The minimum absolute atomic E-state index is 0.0244. The van der Waals surface area contributed by atoms with Gasteiger partial charge in [-0.3, -0.25) is 9.59 Å². The van der Waals surface area contributed by atoms with Gasteiger partial charge in [0, 0.05) is 19.1 Å². The Kier molecular flexibility index (Phi) is 7.42. The first-order chi connectivity index (χ1) is 14.7. The van der Waals surface area contributed by atoms with E-state index in [4.69, 9.17) is 0 Å². The average molecular weight is 450 g/mol. The molecule has 7 nitrogen and oxygen atoms in total. The molecular formula is C23H35N3O4S. The van der Waals surface area contributed by atoms with Crippen molar-refractivity contribution in [2.24, 2.45) is 5.92 Å². The SMILES string of the molecule is CC(C)CCNC(=O)[C@@]1(C)CN(S(=O)(=O)c2ccccc2)CC(=O)N1C1CCCCC1.